The average Bonchev–Trinajstić information content (AvgIpc) is 2.98. The van der Waals surface area contributed by atoms with Gasteiger partial charge < -0.3 is 14.0 Å². The molecule has 5 nitrogen and oxygen atoms in total. The van der Waals surface area contributed by atoms with Gasteiger partial charge in [-0.15, -0.1) is 6.42 Å². The highest BCUT2D eigenvalue weighted by molar-refractivity contribution is 9.10. The van der Waals surface area contributed by atoms with Gasteiger partial charge in [0.2, 0.25) is 0 Å². The van der Waals surface area contributed by atoms with E-state index in [1.54, 1.807) is 18.2 Å². The largest absolute Gasteiger partial charge is 0.486 e. The molecule has 1 aromatic heterocycles. The van der Waals surface area contributed by atoms with E-state index in [4.69, 9.17) is 15.9 Å². The van der Waals surface area contributed by atoms with Crippen molar-refractivity contribution in [3.63, 3.8) is 0 Å². The summed E-state index contributed by atoms with van der Waals surface area (Å²) in [5.74, 6) is 3.48. The van der Waals surface area contributed by atoms with Gasteiger partial charge in [-0.25, -0.2) is 0 Å². The Morgan fingerprint density at radius 2 is 2.04 bits per heavy atom. The second kappa shape index (κ2) is 6.98. The van der Waals surface area contributed by atoms with Crippen LogP contribution in [0.4, 0.5) is 0 Å². The van der Waals surface area contributed by atoms with Crippen LogP contribution in [0, 0.1) is 12.3 Å². The predicted molar refractivity (Wildman–Crippen MR) is 104 cm³/mol. The Bertz CT molecular complexity index is 1120. The summed E-state index contributed by atoms with van der Waals surface area (Å²) in [4.78, 5) is 17.5. The summed E-state index contributed by atoms with van der Waals surface area (Å²) in [5.41, 5.74) is 1.39. The molecule has 1 amide bonds. The number of amides is 1. The molecule has 130 valence electrons. The minimum absolute atomic E-state index is 0.342. The highest BCUT2D eigenvalue weighted by Crippen LogP contribution is 2.31. The molecule has 26 heavy (non-hydrogen) atoms. The molecule has 0 aliphatic carbocycles. The van der Waals surface area contributed by atoms with Crippen LogP contribution < -0.4 is 14.3 Å². The molecular formula is C19H13BrN2O3S. The third kappa shape index (κ3) is 3.14. The molecule has 0 bridgehead atoms. The van der Waals surface area contributed by atoms with Crippen molar-refractivity contribution in [1.29, 1.82) is 0 Å². The summed E-state index contributed by atoms with van der Waals surface area (Å²) in [6.45, 7) is 1.32. The first-order valence-electron chi connectivity index (χ1n) is 7.87. The van der Waals surface area contributed by atoms with E-state index in [9.17, 15) is 4.79 Å². The molecule has 0 saturated heterocycles. The van der Waals surface area contributed by atoms with Crippen LogP contribution >= 0.6 is 27.3 Å². The molecule has 0 atom stereocenters. The topological polar surface area (TPSA) is 52.8 Å². The Hall–Kier alpha value is -2.56. The molecule has 2 heterocycles. The number of thiazole rings is 1. The van der Waals surface area contributed by atoms with Crippen LogP contribution in [0.1, 0.15) is 10.4 Å². The van der Waals surface area contributed by atoms with E-state index in [1.807, 2.05) is 22.8 Å². The normalized spacial score (nSPS) is 13.6. The van der Waals surface area contributed by atoms with Crippen LogP contribution in [-0.2, 0) is 6.54 Å². The van der Waals surface area contributed by atoms with Gasteiger partial charge in [0.1, 0.15) is 13.2 Å². The highest BCUT2D eigenvalue weighted by Gasteiger charge is 2.15. The van der Waals surface area contributed by atoms with Crippen molar-refractivity contribution in [3.8, 4) is 23.8 Å². The van der Waals surface area contributed by atoms with Gasteiger partial charge in [0.15, 0.2) is 16.3 Å². The molecule has 4 rings (SSSR count). The maximum absolute atomic E-state index is 12.7. The second-order valence-electron chi connectivity index (χ2n) is 5.56. The number of carbonyl (C=O) groups excluding carboxylic acids is 1. The predicted octanol–water partition coefficient (Wildman–Crippen LogP) is 3.61. The third-order valence-corrected chi connectivity index (χ3v) is 5.41. The van der Waals surface area contributed by atoms with Crippen molar-refractivity contribution in [2.45, 2.75) is 6.54 Å². The molecule has 7 heteroatoms. The van der Waals surface area contributed by atoms with E-state index < -0.39 is 0 Å². The zero-order valence-corrected chi connectivity index (χ0v) is 16.0. The van der Waals surface area contributed by atoms with Crippen molar-refractivity contribution < 1.29 is 14.3 Å². The van der Waals surface area contributed by atoms with E-state index >= 15 is 0 Å². The van der Waals surface area contributed by atoms with Gasteiger partial charge in [-0.2, -0.15) is 4.99 Å². The lowest BCUT2D eigenvalue weighted by molar-refractivity contribution is 0.0996. The number of hydrogen-bond acceptors (Lipinski definition) is 4. The molecule has 0 unspecified atom stereocenters. The maximum Gasteiger partial charge on any atom is 0.279 e. The number of ether oxygens (including phenoxy) is 2. The zero-order valence-electron chi connectivity index (χ0n) is 13.6. The zero-order chi connectivity index (χ0) is 18.1. The van der Waals surface area contributed by atoms with Crippen molar-refractivity contribution in [3.05, 3.63) is 51.2 Å². The van der Waals surface area contributed by atoms with Gasteiger partial charge in [-0.05, 0) is 36.4 Å². The lowest BCUT2D eigenvalue weighted by atomic mass is 10.2. The number of benzene rings is 2. The first-order chi connectivity index (χ1) is 12.7. The molecule has 0 radical (unpaired) electrons. The summed E-state index contributed by atoms with van der Waals surface area (Å²) in [5, 5.41) is 0. The number of terminal acetylenes is 1. The summed E-state index contributed by atoms with van der Waals surface area (Å²) < 4.78 is 14.8. The van der Waals surface area contributed by atoms with Crippen LogP contribution in [0.2, 0.25) is 0 Å². The molecule has 0 saturated carbocycles. The van der Waals surface area contributed by atoms with Crippen LogP contribution in [0.15, 0.2) is 45.9 Å². The van der Waals surface area contributed by atoms with Crippen LogP contribution in [0.5, 0.6) is 11.5 Å². The van der Waals surface area contributed by atoms with Gasteiger partial charge in [-0.3, -0.25) is 4.79 Å². The van der Waals surface area contributed by atoms with Crippen molar-refractivity contribution in [2.24, 2.45) is 4.99 Å². The second-order valence-corrected chi connectivity index (χ2v) is 7.49. The van der Waals surface area contributed by atoms with Gasteiger partial charge >= 0.3 is 0 Å². The van der Waals surface area contributed by atoms with Crippen LogP contribution in [0.25, 0.3) is 10.2 Å². The average molecular weight is 429 g/mol. The Balaban J connectivity index is 1.79. The molecule has 2 aromatic carbocycles. The van der Waals surface area contributed by atoms with Crippen molar-refractivity contribution in [2.75, 3.05) is 13.2 Å². The summed E-state index contributed by atoms with van der Waals surface area (Å²) in [7, 11) is 0. The molecule has 3 aromatic rings. The van der Waals surface area contributed by atoms with Crippen LogP contribution in [-0.4, -0.2) is 23.7 Å². The SMILES string of the molecule is C#CCn1c(=NC(=O)c2ccc3c(c2)OCCO3)sc2cc(Br)ccc21. The van der Waals surface area contributed by atoms with Gasteiger partial charge in [0.25, 0.3) is 5.91 Å². The van der Waals surface area contributed by atoms with Gasteiger partial charge in [0.05, 0.1) is 16.8 Å². The molecule has 0 N–H and O–H groups in total. The molecular weight excluding hydrogens is 416 g/mol. The lowest BCUT2D eigenvalue weighted by Gasteiger charge is -2.18. The number of rotatable bonds is 2. The van der Waals surface area contributed by atoms with Gasteiger partial charge in [0, 0.05) is 10.0 Å². The first kappa shape index (κ1) is 16.9. The number of halogens is 1. The Labute approximate surface area is 162 Å². The van der Waals surface area contributed by atoms with E-state index in [2.05, 4.69) is 26.8 Å². The summed E-state index contributed by atoms with van der Waals surface area (Å²) in [6.07, 6.45) is 5.50. The van der Waals surface area contributed by atoms with E-state index in [1.165, 1.54) is 11.3 Å². The van der Waals surface area contributed by atoms with Crippen molar-refractivity contribution in [1.82, 2.24) is 4.57 Å². The minimum Gasteiger partial charge on any atom is -0.486 e. The standard InChI is InChI=1S/C19H13BrN2O3S/c1-2-7-22-14-5-4-13(20)11-17(14)26-19(22)21-18(23)12-3-6-15-16(10-12)25-9-8-24-15/h1,3-6,10-11H,7-9H2. The Morgan fingerprint density at radius 3 is 2.85 bits per heavy atom. The van der Waals surface area contributed by atoms with Crippen molar-refractivity contribution >= 4 is 43.4 Å². The van der Waals surface area contributed by atoms with E-state index in [0.717, 1.165) is 14.7 Å². The van der Waals surface area contributed by atoms with Crippen LogP contribution in [0.3, 0.4) is 0 Å². The molecule has 1 aliphatic rings. The monoisotopic (exact) mass is 428 g/mol. The molecule has 1 aliphatic heterocycles. The number of nitrogens with zero attached hydrogens (tertiary/aromatic N) is 2. The summed E-state index contributed by atoms with van der Waals surface area (Å²) in [6, 6.07) is 11.0. The smallest absolute Gasteiger partial charge is 0.279 e. The number of fused-ring (bicyclic) bond motifs is 2. The Morgan fingerprint density at radius 1 is 1.23 bits per heavy atom. The fraction of sp³-hybridized carbons (Fsp3) is 0.158. The highest BCUT2D eigenvalue weighted by atomic mass is 79.9. The quantitative estimate of drug-likeness (QED) is 0.585. The fourth-order valence-corrected chi connectivity index (χ4v) is 4.28. The third-order valence-electron chi connectivity index (χ3n) is 3.88. The Kier molecular flexibility index (Phi) is 4.53. The number of aromatic nitrogens is 1. The van der Waals surface area contributed by atoms with E-state index in [-0.39, 0.29) is 5.91 Å². The van der Waals surface area contributed by atoms with E-state index in [0.29, 0.717) is 41.6 Å². The maximum atomic E-state index is 12.7. The number of hydrogen-bond donors (Lipinski definition) is 0. The number of carbonyl (C=O) groups is 1. The molecule has 0 fully saturated rings. The lowest BCUT2D eigenvalue weighted by Crippen LogP contribution is -2.17. The first-order valence-corrected chi connectivity index (χ1v) is 9.48. The minimum atomic E-state index is -0.349. The fourth-order valence-electron chi connectivity index (χ4n) is 2.70. The summed E-state index contributed by atoms with van der Waals surface area (Å²) >= 11 is 4.89. The van der Waals surface area contributed by atoms with Gasteiger partial charge in [-0.1, -0.05) is 33.2 Å². The molecule has 0 spiro atoms.